The lowest BCUT2D eigenvalue weighted by molar-refractivity contribution is -0.00830. The first kappa shape index (κ1) is 24.1. The summed E-state index contributed by atoms with van der Waals surface area (Å²) in [5, 5.41) is 3.31. The lowest BCUT2D eigenvalue weighted by Crippen LogP contribution is -2.48. The highest BCUT2D eigenvalue weighted by molar-refractivity contribution is 14.0. The number of guanidine groups is 1. The highest BCUT2D eigenvalue weighted by Crippen LogP contribution is 2.25. The molecule has 1 unspecified atom stereocenters. The predicted molar refractivity (Wildman–Crippen MR) is 120 cm³/mol. The number of benzene rings is 1. The Balaban J connectivity index is 0.00000364. The Bertz CT molecular complexity index is 740. The number of ether oxygens (including phenoxy) is 1. The second kappa shape index (κ2) is 11.2. The number of nitrogens with one attached hydrogen (secondary N) is 2. The van der Waals surface area contributed by atoms with Crippen LogP contribution in [0.4, 0.5) is 0 Å². The zero-order chi connectivity index (χ0) is 19.2. The molecule has 0 spiro atoms. The summed E-state index contributed by atoms with van der Waals surface area (Å²) in [6.07, 6.45) is 1.88. The average molecular weight is 510 g/mol. The highest BCUT2D eigenvalue weighted by atomic mass is 127. The van der Waals surface area contributed by atoms with Gasteiger partial charge in [-0.25, -0.2) is 13.1 Å². The second-order valence-electron chi connectivity index (χ2n) is 6.66. The molecule has 0 aromatic heterocycles. The van der Waals surface area contributed by atoms with Gasteiger partial charge < -0.3 is 15.0 Å². The summed E-state index contributed by atoms with van der Waals surface area (Å²) in [4.78, 5) is 6.55. The number of sulfonamides is 1. The standard InChI is InChI=1S/C18H30N4O3S.HI/c1-14-6-7-16(15(2)12-14)17-13-22(10-11-25-17)18(19-3)20-8-5-9-21-26(4,23)24;/h6-7,12,17,21H,5,8-11,13H2,1-4H3,(H,19,20);1H. The van der Waals surface area contributed by atoms with Gasteiger partial charge in [-0.2, -0.15) is 0 Å². The van der Waals surface area contributed by atoms with Gasteiger partial charge in [0, 0.05) is 26.7 Å². The van der Waals surface area contributed by atoms with E-state index in [4.69, 9.17) is 4.74 Å². The number of halogens is 1. The number of hydrogen-bond donors (Lipinski definition) is 2. The molecule has 1 heterocycles. The Hall–Kier alpha value is -0.910. The molecule has 2 N–H and O–H groups in total. The van der Waals surface area contributed by atoms with E-state index in [0.717, 1.165) is 19.0 Å². The first-order valence-corrected chi connectivity index (χ1v) is 10.8. The van der Waals surface area contributed by atoms with Crippen LogP contribution in [0.1, 0.15) is 29.2 Å². The minimum Gasteiger partial charge on any atom is -0.370 e. The SMILES string of the molecule is CN=C(NCCCNS(C)(=O)=O)N1CCOC(c2ccc(C)cc2C)C1.I. The van der Waals surface area contributed by atoms with Crippen molar-refractivity contribution in [2.45, 2.75) is 26.4 Å². The summed E-state index contributed by atoms with van der Waals surface area (Å²) < 4.78 is 30.6. The number of nitrogens with zero attached hydrogens (tertiary/aromatic N) is 2. The molecule has 1 aromatic carbocycles. The number of aryl methyl sites for hydroxylation is 2. The topological polar surface area (TPSA) is 83.0 Å². The Morgan fingerprint density at radius 1 is 1.33 bits per heavy atom. The normalized spacial score (nSPS) is 18.1. The predicted octanol–water partition coefficient (Wildman–Crippen LogP) is 1.81. The number of aliphatic imine (C=N–C) groups is 1. The fourth-order valence-corrected chi connectivity index (χ4v) is 3.61. The molecule has 0 amide bonds. The van der Waals surface area contributed by atoms with Crippen LogP contribution >= 0.6 is 24.0 Å². The molecule has 1 aromatic rings. The van der Waals surface area contributed by atoms with Gasteiger partial charge in [0.25, 0.3) is 0 Å². The van der Waals surface area contributed by atoms with Crippen molar-refractivity contribution in [2.24, 2.45) is 4.99 Å². The largest absolute Gasteiger partial charge is 0.370 e. The summed E-state index contributed by atoms with van der Waals surface area (Å²) in [5.41, 5.74) is 3.71. The molecule has 27 heavy (non-hydrogen) atoms. The summed E-state index contributed by atoms with van der Waals surface area (Å²) in [5.74, 6) is 0.822. The van der Waals surface area contributed by atoms with Crippen molar-refractivity contribution in [3.05, 3.63) is 34.9 Å². The van der Waals surface area contributed by atoms with Gasteiger partial charge in [-0.1, -0.05) is 23.8 Å². The Kier molecular flexibility index (Phi) is 9.99. The summed E-state index contributed by atoms with van der Waals surface area (Å²) in [6.45, 7) is 7.45. The molecule has 1 aliphatic rings. The van der Waals surface area contributed by atoms with Crippen molar-refractivity contribution in [3.63, 3.8) is 0 Å². The van der Waals surface area contributed by atoms with Crippen LogP contribution in [-0.2, 0) is 14.8 Å². The van der Waals surface area contributed by atoms with Gasteiger partial charge >= 0.3 is 0 Å². The Morgan fingerprint density at radius 3 is 2.70 bits per heavy atom. The van der Waals surface area contributed by atoms with E-state index in [1.54, 1.807) is 7.05 Å². The summed E-state index contributed by atoms with van der Waals surface area (Å²) >= 11 is 0. The number of rotatable bonds is 6. The fraction of sp³-hybridized carbons (Fsp3) is 0.611. The average Bonchev–Trinajstić information content (AvgIpc) is 2.57. The molecule has 9 heteroatoms. The Morgan fingerprint density at radius 2 is 2.07 bits per heavy atom. The van der Waals surface area contributed by atoms with Crippen molar-refractivity contribution >= 4 is 40.0 Å². The van der Waals surface area contributed by atoms with E-state index in [-0.39, 0.29) is 30.1 Å². The molecular formula is C18H31IN4O3S. The van der Waals surface area contributed by atoms with Crippen LogP contribution in [0.5, 0.6) is 0 Å². The van der Waals surface area contributed by atoms with E-state index in [1.165, 1.54) is 22.9 Å². The van der Waals surface area contributed by atoms with Crippen molar-refractivity contribution in [1.29, 1.82) is 0 Å². The van der Waals surface area contributed by atoms with E-state index in [1.807, 2.05) is 0 Å². The molecule has 2 rings (SSSR count). The van der Waals surface area contributed by atoms with Crippen LogP contribution in [-0.4, -0.2) is 65.4 Å². The van der Waals surface area contributed by atoms with Gasteiger partial charge in [0.15, 0.2) is 5.96 Å². The third-order valence-corrected chi connectivity index (χ3v) is 5.08. The molecular weight excluding hydrogens is 479 g/mol. The molecule has 1 fully saturated rings. The third kappa shape index (κ3) is 7.92. The van der Waals surface area contributed by atoms with E-state index >= 15 is 0 Å². The molecule has 0 radical (unpaired) electrons. The third-order valence-electron chi connectivity index (χ3n) is 4.35. The molecule has 1 aliphatic heterocycles. The zero-order valence-corrected chi connectivity index (χ0v) is 19.6. The van der Waals surface area contributed by atoms with Crippen LogP contribution in [0.3, 0.4) is 0 Å². The molecule has 0 saturated carbocycles. The van der Waals surface area contributed by atoms with Gasteiger partial charge in [0.1, 0.15) is 6.10 Å². The lowest BCUT2D eigenvalue weighted by atomic mass is 10.00. The van der Waals surface area contributed by atoms with E-state index in [2.05, 4.69) is 52.0 Å². The lowest BCUT2D eigenvalue weighted by Gasteiger charge is -2.35. The Labute approximate surface area is 180 Å². The van der Waals surface area contributed by atoms with Crippen molar-refractivity contribution in [2.75, 3.05) is 46.1 Å². The molecule has 154 valence electrons. The van der Waals surface area contributed by atoms with Crippen LogP contribution in [0.15, 0.2) is 23.2 Å². The molecule has 1 saturated heterocycles. The van der Waals surface area contributed by atoms with Gasteiger partial charge in [-0.3, -0.25) is 4.99 Å². The highest BCUT2D eigenvalue weighted by Gasteiger charge is 2.25. The quantitative estimate of drug-likeness (QED) is 0.264. The number of morpholine rings is 1. The van der Waals surface area contributed by atoms with Gasteiger partial charge in [0.2, 0.25) is 10.0 Å². The summed E-state index contributed by atoms with van der Waals surface area (Å²) in [6, 6.07) is 6.44. The minimum atomic E-state index is -3.13. The van der Waals surface area contributed by atoms with Crippen LogP contribution in [0.2, 0.25) is 0 Å². The van der Waals surface area contributed by atoms with Crippen LogP contribution in [0.25, 0.3) is 0 Å². The first-order chi connectivity index (χ1) is 12.3. The number of hydrogen-bond acceptors (Lipinski definition) is 4. The van der Waals surface area contributed by atoms with Gasteiger partial charge in [-0.05, 0) is 31.4 Å². The van der Waals surface area contributed by atoms with E-state index in [0.29, 0.717) is 26.1 Å². The van der Waals surface area contributed by atoms with Gasteiger partial charge in [-0.15, -0.1) is 24.0 Å². The minimum absolute atomic E-state index is 0. The maximum Gasteiger partial charge on any atom is 0.208 e. The van der Waals surface area contributed by atoms with Crippen molar-refractivity contribution < 1.29 is 13.2 Å². The summed E-state index contributed by atoms with van der Waals surface area (Å²) in [7, 11) is -1.37. The monoisotopic (exact) mass is 510 g/mol. The second-order valence-corrected chi connectivity index (χ2v) is 8.49. The fourth-order valence-electron chi connectivity index (χ4n) is 3.10. The van der Waals surface area contributed by atoms with Gasteiger partial charge in [0.05, 0.1) is 19.4 Å². The molecule has 0 aliphatic carbocycles. The first-order valence-electron chi connectivity index (χ1n) is 8.89. The van der Waals surface area contributed by atoms with Crippen molar-refractivity contribution in [3.8, 4) is 0 Å². The molecule has 7 nitrogen and oxygen atoms in total. The van der Waals surface area contributed by atoms with Crippen LogP contribution < -0.4 is 10.0 Å². The molecule has 0 bridgehead atoms. The zero-order valence-electron chi connectivity index (χ0n) is 16.5. The maximum atomic E-state index is 11.1. The van der Waals surface area contributed by atoms with E-state index < -0.39 is 10.0 Å². The van der Waals surface area contributed by atoms with Crippen LogP contribution in [0, 0.1) is 13.8 Å². The molecule has 1 atom stereocenters. The maximum absolute atomic E-state index is 11.1. The van der Waals surface area contributed by atoms with E-state index in [9.17, 15) is 8.42 Å². The smallest absolute Gasteiger partial charge is 0.208 e. The van der Waals surface area contributed by atoms with Crippen molar-refractivity contribution in [1.82, 2.24) is 14.9 Å².